The zero-order valence-electron chi connectivity index (χ0n) is 25.8. The van der Waals surface area contributed by atoms with Gasteiger partial charge in [-0.3, -0.25) is 4.98 Å². The van der Waals surface area contributed by atoms with Crippen LogP contribution < -0.4 is 0 Å². The number of aromatic carboxylic acids is 3. The van der Waals surface area contributed by atoms with Gasteiger partial charge in [-0.05, 0) is 48.5 Å². The Bertz CT molecular complexity index is 2150. The minimum Gasteiger partial charge on any atom is -0.477 e. The van der Waals surface area contributed by atoms with Crippen molar-refractivity contribution in [2.75, 3.05) is 0 Å². The van der Waals surface area contributed by atoms with Crippen LogP contribution >= 0.6 is 0 Å². The van der Waals surface area contributed by atoms with Gasteiger partial charge in [0.2, 0.25) is 0 Å². The van der Waals surface area contributed by atoms with Gasteiger partial charge in [0.25, 0.3) is 0 Å². The Hall–Kier alpha value is -6.01. The van der Waals surface area contributed by atoms with Crippen LogP contribution in [0.25, 0.3) is 43.6 Å². The highest BCUT2D eigenvalue weighted by atomic mass is 27.0. The molecule has 3 N–H and O–H groups in total. The van der Waals surface area contributed by atoms with E-state index in [0.717, 1.165) is 21.7 Å². The average molecular weight is 709 g/mol. The summed E-state index contributed by atoms with van der Waals surface area (Å²) in [6.07, 6.45) is 1.81. The van der Waals surface area contributed by atoms with Crippen molar-refractivity contribution in [2.24, 2.45) is 0 Å². The topological polar surface area (TPSA) is 163 Å². The van der Waals surface area contributed by atoms with Gasteiger partial charge in [0.1, 0.15) is 17.1 Å². The van der Waals surface area contributed by atoms with E-state index >= 15 is 0 Å². The number of carboxylic acids is 3. The van der Waals surface area contributed by atoms with E-state index in [4.69, 9.17) is 15.3 Å². The van der Waals surface area contributed by atoms with Crippen LogP contribution in [0.4, 0.5) is 0 Å². The molecule has 12 heteroatoms. The summed E-state index contributed by atoms with van der Waals surface area (Å²) in [6.45, 7) is 0. The van der Waals surface area contributed by atoms with Gasteiger partial charge in [0.05, 0.1) is 22.1 Å². The molecular formula is C39H34Al2N4O6. The maximum absolute atomic E-state index is 10.6. The second-order valence-corrected chi connectivity index (χ2v) is 10.3. The van der Waals surface area contributed by atoms with Crippen LogP contribution in [0.15, 0.2) is 152 Å². The number of pyridine rings is 4. The third-order valence-corrected chi connectivity index (χ3v) is 6.96. The molecule has 8 rings (SSSR count). The number of rotatable bonds is 3. The average Bonchev–Trinajstić information content (AvgIpc) is 3.15. The van der Waals surface area contributed by atoms with Gasteiger partial charge in [-0.2, -0.15) is 0 Å². The van der Waals surface area contributed by atoms with E-state index in [-0.39, 0.29) is 51.8 Å². The molecule has 0 saturated carbocycles. The van der Waals surface area contributed by atoms with E-state index in [1.807, 2.05) is 85.1 Å². The van der Waals surface area contributed by atoms with E-state index in [0.29, 0.717) is 16.6 Å². The summed E-state index contributed by atoms with van der Waals surface area (Å²) in [5.74, 6) is -2.98. The molecule has 0 unspecified atom stereocenters. The second-order valence-electron chi connectivity index (χ2n) is 10.3. The minimum absolute atomic E-state index is 0. The summed E-state index contributed by atoms with van der Waals surface area (Å²) < 4.78 is 0. The van der Waals surface area contributed by atoms with Crippen LogP contribution in [0.3, 0.4) is 0 Å². The molecular weight excluding hydrogens is 674 g/mol. The molecule has 10 nitrogen and oxygen atoms in total. The normalized spacial score (nSPS) is 9.73. The van der Waals surface area contributed by atoms with Crippen LogP contribution in [0.2, 0.25) is 0 Å². The first-order valence-corrected chi connectivity index (χ1v) is 14.9. The van der Waals surface area contributed by atoms with E-state index in [1.165, 1.54) is 23.6 Å². The third-order valence-electron chi connectivity index (χ3n) is 6.96. The first-order valence-electron chi connectivity index (χ1n) is 14.9. The molecule has 0 aliphatic heterocycles. The molecule has 0 fully saturated rings. The van der Waals surface area contributed by atoms with Crippen LogP contribution in [0.1, 0.15) is 31.5 Å². The largest absolute Gasteiger partial charge is 0.477 e. The van der Waals surface area contributed by atoms with Crippen molar-refractivity contribution in [2.45, 2.75) is 0 Å². The fraction of sp³-hybridized carbons (Fsp3) is 0. The Morgan fingerprint density at radius 1 is 0.353 bits per heavy atom. The van der Waals surface area contributed by atoms with E-state index in [1.54, 1.807) is 36.4 Å². The van der Waals surface area contributed by atoms with Crippen molar-refractivity contribution in [1.29, 1.82) is 0 Å². The number of benzene rings is 4. The first kappa shape index (κ1) is 39.4. The molecule has 0 atom stereocenters. The Morgan fingerprint density at radius 2 is 0.627 bits per heavy atom. The lowest BCUT2D eigenvalue weighted by Gasteiger charge is -1.97. The number of carboxylic acid groups (broad SMARTS) is 3. The number of carbonyl (C=O) groups is 3. The van der Waals surface area contributed by atoms with Gasteiger partial charge >= 0.3 is 17.9 Å². The van der Waals surface area contributed by atoms with Crippen LogP contribution in [-0.4, -0.2) is 87.9 Å². The first-order chi connectivity index (χ1) is 23.8. The second kappa shape index (κ2) is 19.3. The fourth-order valence-corrected chi connectivity index (χ4v) is 4.57. The van der Waals surface area contributed by atoms with Crippen molar-refractivity contribution >= 4 is 96.2 Å². The number of fused-ring (bicyclic) bond motifs is 4. The number of nitrogens with zero attached hydrogens (tertiary/aromatic N) is 4. The number of aromatic nitrogens is 4. The molecule has 51 heavy (non-hydrogen) atoms. The van der Waals surface area contributed by atoms with Crippen molar-refractivity contribution in [3.63, 3.8) is 0 Å². The standard InChI is InChI=1S/3C10H7NO2.C9H7N.2Al.6H/c3*12-10(13)9-6-5-7-3-1-2-4-8(7)11-9;1-2-6-9-8(4-1)5-3-7-10-9;;;;;;;;/h3*1-6H,(H,12,13);1-7H;;;;;;;;. The summed E-state index contributed by atoms with van der Waals surface area (Å²) in [5, 5.41) is 30.1. The summed E-state index contributed by atoms with van der Waals surface area (Å²) in [7, 11) is 0. The summed E-state index contributed by atoms with van der Waals surface area (Å²) >= 11 is 0. The Labute approximate surface area is 313 Å². The van der Waals surface area contributed by atoms with Gasteiger partial charge in [-0.1, -0.05) is 97.1 Å². The molecule has 4 aromatic heterocycles. The molecule has 0 aliphatic carbocycles. The molecule has 4 aromatic carbocycles. The van der Waals surface area contributed by atoms with Crippen molar-refractivity contribution < 1.29 is 29.7 Å². The molecule has 0 bridgehead atoms. The molecule has 8 aromatic rings. The monoisotopic (exact) mass is 708 g/mol. The molecule has 4 heterocycles. The lowest BCUT2D eigenvalue weighted by Crippen LogP contribution is -1.99. The quantitative estimate of drug-likeness (QED) is 0.195. The van der Waals surface area contributed by atoms with Gasteiger partial charge < -0.3 is 15.3 Å². The Kier molecular flexibility index (Phi) is 14.9. The summed E-state index contributed by atoms with van der Waals surface area (Å²) in [4.78, 5) is 47.9. The van der Waals surface area contributed by atoms with Crippen molar-refractivity contribution in [3.05, 3.63) is 169 Å². The van der Waals surface area contributed by atoms with Gasteiger partial charge in [-0.25, -0.2) is 29.3 Å². The highest BCUT2D eigenvalue weighted by molar-refractivity contribution is 5.91. The van der Waals surface area contributed by atoms with Crippen LogP contribution in [0.5, 0.6) is 0 Å². The summed E-state index contributed by atoms with van der Waals surface area (Å²) in [6, 6.07) is 44.1. The van der Waals surface area contributed by atoms with Gasteiger partial charge in [-0.15, -0.1) is 0 Å². The molecule has 0 amide bonds. The Balaban J connectivity index is 0.000000182. The maximum Gasteiger partial charge on any atom is 0.354 e. The predicted molar refractivity (Wildman–Crippen MR) is 208 cm³/mol. The van der Waals surface area contributed by atoms with Gasteiger partial charge in [0.15, 0.2) is 34.7 Å². The maximum atomic E-state index is 10.6. The zero-order valence-corrected chi connectivity index (χ0v) is 25.8. The Morgan fingerprint density at radius 3 is 0.941 bits per heavy atom. The molecule has 0 spiro atoms. The van der Waals surface area contributed by atoms with Crippen LogP contribution in [0, 0.1) is 0 Å². The van der Waals surface area contributed by atoms with Crippen molar-refractivity contribution in [3.8, 4) is 0 Å². The van der Waals surface area contributed by atoms with Crippen LogP contribution in [-0.2, 0) is 0 Å². The molecule has 0 aliphatic rings. The number of hydrogen-bond donors (Lipinski definition) is 3. The van der Waals surface area contributed by atoms with E-state index in [9.17, 15) is 14.4 Å². The third kappa shape index (κ3) is 11.0. The predicted octanol–water partition coefficient (Wildman–Crippen LogP) is 5.67. The smallest absolute Gasteiger partial charge is 0.354 e. The highest BCUT2D eigenvalue weighted by Gasteiger charge is 2.06. The lowest BCUT2D eigenvalue weighted by molar-refractivity contribution is 0.0680. The zero-order chi connectivity index (χ0) is 34.6. The fourth-order valence-electron chi connectivity index (χ4n) is 4.57. The number of hydrogen-bond acceptors (Lipinski definition) is 7. The van der Waals surface area contributed by atoms with Gasteiger partial charge in [0, 0.05) is 27.7 Å². The molecule has 252 valence electrons. The van der Waals surface area contributed by atoms with E-state index in [2.05, 4.69) is 32.1 Å². The SMILES string of the molecule is O=C(O)c1ccc2ccccc2n1.O=C(O)c1ccc2ccccc2n1.O=C(O)c1ccc2ccccc2n1.[AlH3].[AlH3].c1ccc2ncccc2c1. The number of para-hydroxylation sites is 4. The lowest BCUT2D eigenvalue weighted by atomic mass is 10.2. The highest BCUT2D eigenvalue weighted by Crippen LogP contribution is 2.13. The summed E-state index contributed by atoms with van der Waals surface area (Å²) in [5.41, 5.74) is 3.44. The molecule has 0 saturated heterocycles. The van der Waals surface area contributed by atoms with Crippen molar-refractivity contribution in [1.82, 2.24) is 19.9 Å². The minimum atomic E-state index is -0.995. The van der Waals surface area contributed by atoms with E-state index < -0.39 is 17.9 Å². The molecule has 0 radical (unpaired) electrons.